The molecule has 6 nitrogen and oxygen atoms in total. The van der Waals surface area contributed by atoms with Crippen molar-refractivity contribution in [1.29, 1.82) is 0 Å². The minimum atomic E-state index is 0.249. The summed E-state index contributed by atoms with van der Waals surface area (Å²) in [6.45, 7) is 1.41. The molecule has 0 unspecified atom stereocenters. The Labute approximate surface area is 159 Å². The zero-order valence-corrected chi connectivity index (χ0v) is 15.7. The van der Waals surface area contributed by atoms with E-state index >= 15 is 0 Å². The summed E-state index contributed by atoms with van der Waals surface area (Å²) in [5.74, 6) is 1.55. The number of halogens is 3. The van der Waals surface area contributed by atoms with Crippen molar-refractivity contribution in [3.05, 3.63) is 34.1 Å². The summed E-state index contributed by atoms with van der Waals surface area (Å²) in [5.41, 5.74) is 2.74. The molecule has 0 amide bonds. The second-order valence-electron chi connectivity index (χ2n) is 5.33. The van der Waals surface area contributed by atoms with E-state index in [9.17, 15) is 0 Å². The number of aromatic amines is 1. The maximum absolute atomic E-state index is 6.25. The van der Waals surface area contributed by atoms with Crippen LogP contribution in [0, 0.1) is 0 Å². The molecule has 0 saturated heterocycles. The average Bonchev–Trinajstić information content (AvgIpc) is 3.03. The Morgan fingerprint density at radius 3 is 2.64 bits per heavy atom. The third kappa shape index (κ3) is 3.98. The number of rotatable bonds is 7. The van der Waals surface area contributed by atoms with E-state index in [1.807, 2.05) is 0 Å². The molecule has 3 aromatic rings. The van der Waals surface area contributed by atoms with Crippen molar-refractivity contribution in [3.63, 3.8) is 0 Å². The van der Waals surface area contributed by atoms with Crippen molar-refractivity contribution < 1.29 is 4.74 Å². The fourth-order valence-corrected chi connectivity index (χ4v) is 3.44. The van der Waals surface area contributed by atoms with E-state index in [0.29, 0.717) is 39.5 Å². The molecular formula is C16H16Cl3N5O. The zero-order chi connectivity index (χ0) is 17.8. The first-order valence-electron chi connectivity index (χ1n) is 7.61. The predicted molar refractivity (Wildman–Crippen MR) is 102 cm³/mol. The fraction of sp³-hybridized carbons (Fsp3) is 0.312. The lowest BCUT2D eigenvalue weighted by molar-refractivity contribution is 0.198. The van der Waals surface area contributed by atoms with Crippen LogP contribution in [0.2, 0.25) is 10.0 Å². The number of nitrogens with one attached hydrogen (secondary N) is 2. The summed E-state index contributed by atoms with van der Waals surface area (Å²) in [6, 6.07) is 3.56. The third-order valence-corrected chi connectivity index (χ3v) is 4.60. The minimum Gasteiger partial charge on any atom is -0.385 e. The quantitative estimate of drug-likeness (QED) is 0.450. The Hall–Kier alpha value is -1.60. The highest BCUT2D eigenvalue weighted by atomic mass is 35.5. The van der Waals surface area contributed by atoms with Gasteiger partial charge in [0, 0.05) is 41.4 Å². The Kier molecular flexibility index (Phi) is 5.96. The van der Waals surface area contributed by atoms with E-state index in [4.69, 9.17) is 39.5 Å². The van der Waals surface area contributed by atoms with E-state index in [1.165, 1.54) is 6.33 Å². The van der Waals surface area contributed by atoms with Gasteiger partial charge in [0.25, 0.3) is 0 Å². The number of nitrogens with zero attached hydrogens (tertiary/aromatic N) is 3. The standard InChI is InChI=1S/C16H16Cl3N5O/c1-25-4-2-3-20-15-13-16(22-8-21-15)24-14(23-13)9-5-11(18)10(7-17)12(19)6-9/h5-6,8H,2-4,7H2,1H3,(H2,20,21,22,23,24). The molecule has 0 aliphatic heterocycles. The summed E-state index contributed by atoms with van der Waals surface area (Å²) in [6.07, 6.45) is 2.34. The third-order valence-electron chi connectivity index (χ3n) is 3.65. The smallest absolute Gasteiger partial charge is 0.183 e. The lowest BCUT2D eigenvalue weighted by atomic mass is 10.1. The Balaban J connectivity index is 1.93. The van der Waals surface area contributed by atoms with Crippen molar-refractivity contribution in [2.24, 2.45) is 0 Å². The van der Waals surface area contributed by atoms with Gasteiger partial charge in [-0.25, -0.2) is 15.0 Å². The number of ether oxygens (including phenoxy) is 1. The number of benzene rings is 1. The second kappa shape index (κ2) is 8.19. The Morgan fingerprint density at radius 2 is 1.96 bits per heavy atom. The van der Waals surface area contributed by atoms with Gasteiger partial charge in [0.15, 0.2) is 11.5 Å². The SMILES string of the molecule is COCCCNc1ncnc2nc(-c3cc(Cl)c(CCl)c(Cl)c3)[nH]c12. The Morgan fingerprint density at radius 1 is 1.20 bits per heavy atom. The molecule has 132 valence electrons. The number of fused-ring (bicyclic) bond motifs is 1. The molecular weight excluding hydrogens is 385 g/mol. The van der Waals surface area contributed by atoms with Gasteiger partial charge in [-0.3, -0.25) is 0 Å². The van der Waals surface area contributed by atoms with Crippen LogP contribution in [-0.4, -0.2) is 40.2 Å². The first-order valence-corrected chi connectivity index (χ1v) is 8.91. The maximum Gasteiger partial charge on any atom is 0.183 e. The number of methoxy groups -OCH3 is 1. The van der Waals surface area contributed by atoms with Crippen LogP contribution < -0.4 is 5.32 Å². The molecule has 0 aliphatic rings. The molecule has 0 saturated carbocycles. The highest BCUT2D eigenvalue weighted by Gasteiger charge is 2.14. The van der Waals surface area contributed by atoms with Gasteiger partial charge in [0.2, 0.25) is 0 Å². The summed E-state index contributed by atoms with van der Waals surface area (Å²) >= 11 is 18.4. The number of aromatic nitrogens is 4. The van der Waals surface area contributed by atoms with E-state index in [1.54, 1.807) is 19.2 Å². The van der Waals surface area contributed by atoms with Gasteiger partial charge < -0.3 is 15.0 Å². The summed E-state index contributed by atoms with van der Waals surface area (Å²) in [5, 5.41) is 4.26. The average molecular weight is 401 g/mol. The maximum atomic E-state index is 6.25. The van der Waals surface area contributed by atoms with Crippen LogP contribution in [0.15, 0.2) is 18.5 Å². The van der Waals surface area contributed by atoms with E-state index in [0.717, 1.165) is 24.0 Å². The largest absolute Gasteiger partial charge is 0.385 e. The molecule has 0 spiro atoms. The van der Waals surface area contributed by atoms with Gasteiger partial charge >= 0.3 is 0 Å². The van der Waals surface area contributed by atoms with Crippen LogP contribution in [0.4, 0.5) is 5.82 Å². The molecule has 0 bridgehead atoms. The van der Waals surface area contributed by atoms with Gasteiger partial charge in [-0.1, -0.05) is 23.2 Å². The van der Waals surface area contributed by atoms with Gasteiger partial charge in [-0.2, -0.15) is 0 Å². The summed E-state index contributed by atoms with van der Waals surface area (Å²) in [7, 11) is 1.68. The van der Waals surface area contributed by atoms with Crippen molar-refractivity contribution >= 4 is 51.8 Å². The fourth-order valence-electron chi connectivity index (χ4n) is 2.39. The van der Waals surface area contributed by atoms with Gasteiger partial charge in [-0.15, -0.1) is 11.6 Å². The molecule has 2 heterocycles. The van der Waals surface area contributed by atoms with Gasteiger partial charge in [-0.05, 0) is 18.6 Å². The molecule has 0 atom stereocenters. The topological polar surface area (TPSA) is 75.7 Å². The number of H-pyrrole nitrogens is 1. The molecule has 9 heteroatoms. The molecule has 2 N–H and O–H groups in total. The van der Waals surface area contributed by atoms with Crippen molar-refractivity contribution in [3.8, 4) is 11.4 Å². The zero-order valence-electron chi connectivity index (χ0n) is 13.4. The number of anilines is 1. The lowest BCUT2D eigenvalue weighted by Crippen LogP contribution is -2.06. The highest BCUT2D eigenvalue weighted by Crippen LogP contribution is 2.32. The van der Waals surface area contributed by atoms with Crippen LogP contribution in [0.25, 0.3) is 22.6 Å². The molecule has 0 fully saturated rings. The lowest BCUT2D eigenvalue weighted by Gasteiger charge is -2.06. The van der Waals surface area contributed by atoms with Crippen molar-refractivity contribution in [2.45, 2.75) is 12.3 Å². The van der Waals surface area contributed by atoms with Crippen molar-refractivity contribution in [1.82, 2.24) is 19.9 Å². The first kappa shape index (κ1) is 18.2. The van der Waals surface area contributed by atoms with Gasteiger partial charge in [0.1, 0.15) is 17.7 Å². The van der Waals surface area contributed by atoms with Crippen LogP contribution in [0.3, 0.4) is 0 Å². The summed E-state index contributed by atoms with van der Waals surface area (Å²) < 4.78 is 5.04. The molecule has 1 aromatic carbocycles. The number of hydrogen-bond donors (Lipinski definition) is 2. The first-order chi connectivity index (χ1) is 12.1. The molecule has 3 rings (SSSR count). The molecule has 2 aromatic heterocycles. The predicted octanol–water partition coefficient (Wildman–Crippen LogP) is 4.51. The number of hydrogen-bond acceptors (Lipinski definition) is 5. The van der Waals surface area contributed by atoms with E-state index in [-0.39, 0.29) is 5.88 Å². The summed E-state index contributed by atoms with van der Waals surface area (Å²) in [4.78, 5) is 16.2. The number of alkyl halides is 1. The van der Waals surface area contributed by atoms with Crippen LogP contribution >= 0.6 is 34.8 Å². The highest BCUT2D eigenvalue weighted by molar-refractivity contribution is 6.37. The minimum absolute atomic E-state index is 0.249. The number of imidazole rings is 1. The molecule has 25 heavy (non-hydrogen) atoms. The Bertz CT molecular complexity index is 860. The normalized spacial score (nSPS) is 11.2. The molecule has 0 radical (unpaired) electrons. The van der Waals surface area contributed by atoms with Crippen LogP contribution in [-0.2, 0) is 10.6 Å². The monoisotopic (exact) mass is 399 g/mol. The van der Waals surface area contributed by atoms with Crippen LogP contribution in [0.5, 0.6) is 0 Å². The molecule has 0 aliphatic carbocycles. The second-order valence-corrected chi connectivity index (χ2v) is 6.41. The van der Waals surface area contributed by atoms with E-state index in [2.05, 4.69) is 25.3 Å². The van der Waals surface area contributed by atoms with Gasteiger partial charge in [0.05, 0.1) is 5.88 Å². The van der Waals surface area contributed by atoms with E-state index < -0.39 is 0 Å². The van der Waals surface area contributed by atoms with Crippen molar-refractivity contribution in [2.75, 3.05) is 25.6 Å². The van der Waals surface area contributed by atoms with Crippen LogP contribution in [0.1, 0.15) is 12.0 Å².